The van der Waals surface area contributed by atoms with Crippen molar-refractivity contribution in [1.29, 1.82) is 0 Å². The van der Waals surface area contributed by atoms with Crippen molar-refractivity contribution in [2.24, 2.45) is 0 Å². The van der Waals surface area contributed by atoms with Crippen LogP contribution < -0.4 is 0 Å². The van der Waals surface area contributed by atoms with Crippen molar-refractivity contribution >= 4 is 45.2 Å². The summed E-state index contributed by atoms with van der Waals surface area (Å²) in [6.07, 6.45) is 1.85. The Morgan fingerprint density at radius 3 is 2.31 bits per heavy atom. The van der Waals surface area contributed by atoms with Crippen molar-refractivity contribution in [3.63, 3.8) is 0 Å². The minimum absolute atomic E-state index is 1.04. The van der Waals surface area contributed by atoms with Gasteiger partial charge < -0.3 is 0 Å². The van der Waals surface area contributed by atoms with Crippen molar-refractivity contribution in [3.8, 4) is 5.69 Å². The van der Waals surface area contributed by atoms with E-state index in [0.717, 1.165) is 13.1 Å². The van der Waals surface area contributed by atoms with E-state index >= 15 is 0 Å². The Morgan fingerprint density at radius 1 is 1.08 bits per heavy atom. The van der Waals surface area contributed by atoms with Crippen molar-refractivity contribution in [2.75, 3.05) is 0 Å². The van der Waals surface area contributed by atoms with Crippen LogP contribution in [0.3, 0.4) is 0 Å². The summed E-state index contributed by atoms with van der Waals surface area (Å²) in [5.74, 6) is 0. The van der Waals surface area contributed by atoms with Crippen LogP contribution in [0.2, 0.25) is 0 Å². The largest absolute Gasteiger partial charge is 0.293 e. The second kappa shape index (κ2) is 3.95. The topological polar surface area (TPSA) is 17.8 Å². The number of rotatable bonds is 1. The second-order valence-electron chi connectivity index (χ2n) is 2.53. The van der Waals surface area contributed by atoms with E-state index in [-0.39, 0.29) is 0 Å². The van der Waals surface area contributed by atoms with Gasteiger partial charge >= 0.3 is 0 Å². The normalized spacial score (nSPS) is 10.3. The van der Waals surface area contributed by atoms with Crippen LogP contribution in [0.25, 0.3) is 5.69 Å². The van der Waals surface area contributed by atoms with Crippen LogP contribution in [0, 0.1) is 7.40 Å². The molecule has 66 valence electrons. The summed E-state index contributed by atoms with van der Waals surface area (Å²) in [6, 6.07) is 10.2. The third kappa shape index (κ3) is 1.88. The van der Waals surface area contributed by atoms with Crippen molar-refractivity contribution in [3.05, 3.63) is 44.1 Å². The van der Waals surface area contributed by atoms with Crippen LogP contribution in [0.4, 0.5) is 0 Å². The molecular weight excluding hydrogens is 390 g/mol. The first kappa shape index (κ1) is 9.45. The van der Waals surface area contributed by atoms with Gasteiger partial charge in [-0.3, -0.25) is 4.57 Å². The predicted octanol–water partition coefficient (Wildman–Crippen LogP) is 3.08. The third-order valence-electron chi connectivity index (χ3n) is 1.70. The Bertz CT molecular complexity index is 409. The van der Waals surface area contributed by atoms with E-state index in [1.54, 1.807) is 0 Å². The summed E-state index contributed by atoms with van der Waals surface area (Å²) in [5.41, 5.74) is 1.15. The lowest BCUT2D eigenvalue weighted by atomic mass is 10.3. The Balaban J connectivity index is 2.53. The van der Waals surface area contributed by atoms with E-state index < -0.39 is 0 Å². The van der Waals surface area contributed by atoms with Gasteiger partial charge in [0.05, 0.1) is 0 Å². The lowest BCUT2D eigenvalue weighted by Crippen LogP contribution is -1.93. The highest BCUT2D eigenvalue weighted by atomic mass is 127. The summed E-state index contributed by atoms with van der Waals surface area (Å²) in [5, 5.41) is 0. The molecule has 0 aliphatic carbocycles. The number of para-hydroxylation sites is 1. The molecule has 1 aromatic heterocycles. The Kier molecular flexibility index (Phi) is 2.87. The predicted molar refractivity (Wildman–Crippen MR) is 69.0 cm³/mol. The Labute approximate surface area is 104 Å². The molecule has 0 radical (unpaired) electrons. The maximum absolute atomic E-state index is 4.23. The molecule has 1 aromatic carbocycles. The van der Waals surface area contributed by atoms with Crippen molar-refractivity contribution < 1.29 is 0 Å². The summed E-state index contributed by atoms with van der Waals surface area (Å²) in [7, 11) is 0. The average molecular weight is 396 g/mol. The summed E-state index contributed by atoms with van der Waals surface area (Å²) >= 11 is 4.53. The van der Waals surface area contributed by atoms with E-state index in [2.05, 4.69) is 66.9 Å². The van der Waals surface area contributed by atoms with Crippen LogP contribution in [-0.2, 0) is 0 Å². The minimum atomic E-state index is 1.04. The molecule has 0 aliphatic heterocycles. The zero-order chi connectivity index (χ0) is 9.26. The van der Waals surface area contributed by atoms with Crippen molar-refractivity contribution in [2.45, 2.75) is 0 Å². The zero-order valence-corrected chi connectivity index (χ0v) is 10.9. The fourth-order valence-corrected chi connectivity index (χ4v) is 2.01. The van der Waals surface area contributed by atoms with Crippen LogP contribution in [-0.4, -0.2) is 9.55 Å². The first-order valence-electron chi connectivity index (χ1n) is 3.73. The minimum Gasteiger partial charge on any atom is -0.293 e. The average Bonchev–Trinajstić information content (AvgIpc) is 2.49. The molecule has 2 rings (SSSR count). The maximum Gasteiger partial charge on any atom is 0.133 e. The Hall–Kier alpha value is -0.110. The molecule has 0 bridgehead atoms. The quantitative estimate of drug-likeness (QED) is 0.678. The van der Waals surface area contributed by atoms with Gasteiger partial charge in [-0.15, -0.1) is 0 Å². The fraction of sp³-hybridized carbons (Fsp3) is 0. The number of halogens is 2. The second-order valence-corrected chi connectivity index (χ2v) is 4.58. The number of benzene rings is 1. The van der Waals surface area contributed by atoms with Crippen LogP contribution >= 0.6 is 45.2 Å². The number of nitrogens with zero attached hydrogens (tertiary/aromatic N) is 2. The van der Waals surface area contributed by atoms with Gasteiger partial charge in [0, 0.05) is 5.69 Å². The number of hydrogen-bond donors (Lipinski definition) is 0. The molecule has 2 aromatic rings. The summed E-state index contributed by atoms with van der Waals surface area (Å²) in [6.45, 7) is 0. The van der Waals surface area contributed by atoms with Gasteiger partial charge in [0.15, 0.2) is 0 Å². The van der Waals surface area contributed by atoms with E-state index in [1.807, 2.05) is 24.5 Å². The van der Waals surface area contributed by atoms with E-state index in [0.29, 0.717) is 0 Å². The van der Waals surface area contributed by atoms with E-state index in [1.165, 1.54) is 0 Å². The van der Waals surface area contributed by atoms with Gasteiger partial charge in [0.2, 0.25) is 0 Å². The highest BCUT2D eigenvalue weighted by Gasteiger charge is 2.05. The highest BCUT2D eigenvalue weighted by Crippen LogP contribution is 2.17. The summed E-state index contributed by atoms with van der Waals surface area (Å²) in [4.78, 5) is 4.23. The van der Waals surface area contributed by atoms with Crippen LogP contribution in [0.1, 0.15) is 0 Å². The maximum atomic E-state index is 4.23. The molecule has 0 fully saturated rings. The van der Waals surface area contributed by atoms with Crippen LogP contribution in [0.15, 0.2) is 36.7 Å². The molecule has 0 aliphatic rings. The van der Waals surface area contributed by atoms with Crippen molar-refractivity contribution in [1.82, 2.24) is 9.55 Å². The van der Waals surface area contributed by atoms with Gasteiger partial charge in [-0.25, -0.2) is 4.98 Å². The van der Waals surface area contributed by atoms with Gasteiger partial charge in [0.25, 0.3) is 0 Å². The first-order chi connectivity index (χ1) is 6.29. The van der Waals surface area contributed by atoms with E-state index in [4.69, 9.17) is 0 Å². The SMILES string of the molecule is Ic1ncn(-c2ccccc2)c1I. The molecule has 0 N–H and O–H groups in total. The number of aromatic nitrogens is 2. The Morgan fingerprint density at radius 2 is 1.77 bits per heavy atom. The number of imidazole rings is 1. The molecule has 4 heteroatoms. The monoisotopic (exact) mass is 396 g/mol. The first-order valence-corrected chi connectivity index (χ1v) is 5.88. The molecule has 0 spiro atoms. The van der Waals surface area contributed by atoms with Gasteiger partial charge in [-0.1, -0.05) is 18.2 Å². The zero-order valence-electron chi connectivity index (χ0n) is 6.61. The number of hydrogen-bond acceptors (Lipinski definition) is 1. The molecule has 0 unspecified atom stereocenters. The standard InChI is InChI=1S/C9H6I2N2/c10-8-9(11)13(6-12-8)7-4-2-1-3-5-7/h1-6H. The smallest absolute Gasteiger partial charge is 0.133 e. The molecule has 0 saturated heterocycles. The highest BCUT2D eigenvalue weighted by molar-refractivity contribution is 14.1. The van der Waals surface area contributed by atoms with Gasteiger partial charge in [-0.2, -0.15) is 0 Å². The molecule has 0 amide bonds. The van der Waals surface area contributed by atoms with Gasteiger partial charge in [0.1, 0.15) is 13.7 Å². The fourth-order valence-electron chi connectivity index (χ4n) is 1.08. The van der Waals surface area contributed by atoms with Crippen LogP contribution in [0.5, 0.6) is 0 Å². The molecule has 0 atom stereocenters. The molecular formula is C9H6I2N2. The lowest BCUT2D eigenvalue weighted by molar-refractivity contribution is 1.03. The molecule has 1 heterocycles. The van der Waals surface area contributed by atoms with Gasteiger partial charge in [-0.05, 0) is 57.3 Å². The van der Waals surface area contributed by atoms with E-state index in [9.17, 15) is 0 Å². The third-order valence-corrected chi connectivity index (χ3v) is 4.55. The lowest BCUT2D eigenvalue weighted by Gasteiger charge is -2.02. The summed E-state index contributed by atoms with van der Waals surface area (Å²) < 4.78 is 4.27. The molecule has 2 nitrogen and oxygen atoms in total. The molecule has 13 heavy (non-hydrogen) atoms. The molecule has 0 saturated carbocycles.